The first-order valence-corrected chi connectivity index (χ1v) is 9.95. The van der Waals surface area contributed by atoms with Crippen molar-refractivity contribution in [1.29, 1.82) is 0 Å². The average molecular weight is 339 g/mol. The van der Waals surface area contributed by atoms with E-state index in [1.54, 1.807) is 4.31 Å². The van der Waals surface area contributed by atoms with E-state index in [0.29, 0.717) is 23.9 Å². The summed E-state index contributed by atoms with van der Waals surface area (Å²) in [5.41, 5.74) is 3.89. The van der Waals surface area contributed by atoms with E-state index in [1.807, 2.05) is 34.7 Å². The molecule has 0 spiro atoms. The van der Waals surface area contributed by atoms with Gasteiger partial charge in [0.25, 0.3) is 0 Å². The number of benzene rings is 1. The first-order chi connectivity index (χ1) is 10.8. The second kappa shape index (κ2) is 7.32. The van der Waals surface area contributed by atoms with Gasteiger partial charge in [-0.05, 0) is 88.7 Å². The lowest BCUT2D eigenvalue weighted by atomic mass is 9.95. The van der Waals surface area contributed by atoms with Crippen molar-refractivity contribution < 1.29 is 8.42 Å². The highest BCUT2D eigenvalue weighted by Gasteiger charge is 2.32. The van der Waals surface area contributed by atoms with Crippen molar-refractivity contribution >= 4 is 10.0 Å². The summed E-state index contributed by atoms with van der Waals surface area (Å²) in [6.07, 6.45) is 3.06. The first kappa shape index (κ1) is 18.4. The second-order valence-electron chi connectivity index (χ2n) is 6.83. The number of rotatable bonds is 5. The molecule has 1 saturated heterocycles. The van der Waals surface area contributed by atoms with Crippen LogP contribution in [-0.2, 0) is 10.0 Å². The zero-order valence-electron chi connectivity index (χ0n) is 15.1. The van der Waals surface area contributed by atoms with E-state index in [-0.39, 0.29) is 0 Å². The van der Waals surface area contributed by atoms with Crippen molar-refractivity contribution in [2.24, 2.45) is 5.92 Å². The average Bonchev–Trinajstić information content (AvgIpc) is 2.51. The molecule has 0 saturated carbocycles. The third kappa shape index (κ3) is 3.78. The summed E-state index contributed by atoms with van der Waals surface area (Å²) in [5.74, 6) is 0.635. The molecule has 0 amide bonds. The van der Waals surface area contributed by atoms with Gasteiger partial charge >= 0.3 is 0 Å². The van der Waals surface area contributed by atoms with Gasteiger partial charge in [0.05, 0.1) is 4.90 Å². The Bertz CT molecular complexity index is 634. The third-order valence-corrected chi connectivity index (χ3v) is 7.44. The van der Waals surface area contributed by atoms with Crippen LogP contribution in [0.15, 0.2) is 11.0 Å². The lowest BCUT2D eigenvalue weighted by molar-refractivity contribution is 0.263. The maximum absolute atomic E-state index is 13.2. The third-order valence-electron chi connectivity index (χ3n) is 5.27. The van der Waals surface area contributed by atoms with Crippen LogP contribution in [0, 0.1) is 33.6 Å². The van der Waals surface area contributed by atoms with Gasteiger partial charge in [0.2, 0.25) is 10.0 Å². The van der Waals surface area contributed by atoms with Crippen LogP contribution in [0.25, 0.3) is 0 Å². The fourth-order valence-corrected chi connectivity index (χ4v) is 5.53. The Hall–Kier alpha value is -0.910. The molecule has 23 heavy (non-hydrogen) atoms. The van der Waals surface area contributed by atoms with Crippen LogP contribution in [0.4, 0.5) is 0 Å². The smallest absolute Gasteiger partial charge is 0.243 e. The van der Waals surface area contributed by atoms with Crippen LogP contribution < -0.4 is 5.32 Å². The number of hydrogen-bond donors (Lipinski definition) is 1. The molecule has 0 atom stereocenters. The molecule has 0 aromatic heterocycles. The van der Waals surface area contributed by atoms with Crippen LogP contribution >= 0.6 is 0 Å². The zero-order valence-corrected chi connectivity index (χ0v) is 15.9. The molecule has 1 aliphatic rings. The summed E-state index contributed by atoms with van der Waals surface area (Å²) in [6.45, 7) is 10.1. The van der Waals surface area contributed by atoms with Crippen LogP contribution in [0.5, 0.6) is 0 Å². The topological polar surface area (TPSA) is 49.4 Å². The van der Waals surface area contributed by atoms with Crippen LogP contribution in [0.1, 0.15) is 41.5 Å². The molecule has 130 valence electrons. The number of nitrogens with zero attached hydrogens (tertiary/aromatic N) is 1. The minimum absolute atomic E-state index is 0.531. The monoisotopic (exact) mass is 338 g/mol. The fraction of sp³-hybridized carbons (Fsp3) is 0.667. The Morgan fingerprint density at radius 3 is 2.09 bits per heavy atom. The predicted molar refractivity (Wildman–Crippen MR) is 95.4 cm³/mol. The molecule has 1 aromatic carbocycles. The largest absolute Gasteiger partial charge is 0.320 e. The minimum Gasteiger partial charge on any atom is -0.320 e. The normalized spacial score (nSPS) is 17.6. The van der Waals surface area contributed by atoms with Crippen molar-refractivity contribution in [3.63, 3.8) is 0 Å². The van der Waals surface area contributed by atoms with Gasteiger partial charge in [-0.25, -0.2) is 8.42 Å². The number of aryl methyl sites for hydroxylation is 2. The van der Waals surface area contributed by atoms with Gasteiger partial charge in [-0.1, -0.05) is 6.07 Å². The Morgan fingerprint density at radius 1 is 1.09 bits per heavy atom. The molecule has 1 heterocycles. The van der Waals surface area contributed by atoms with Crippen LogP contribution in [-0.4, -0.2) is 39.4 Å². The van der Waals surface area contributed by atoms with Gasteiger partial charge < -0.3 is 5.32 Å². The molecule has 2 rings (SSSR count). The van der Waals surface area contributed by atoms with Gasteiger partial charge in [0.1, 0.15) is 0 Å². The lowest BCUT2D eigenvalue weighted by Gasteiger charge is -2.32. The van der Waals surface area contributed by atoms with Gasteiger partial charge in [0.15, 0.2) is 0 Å². The standard InChI is InChI=1S/C18H30N2O2S/c1-13-12-14(2)16(4)18(15(13)3)23(21,22)20-10-7-17(8-11-20)6-9-19-5/h12,17,19H,6-11H2,1-5H3. The number of nitrogens with one attached hydrogen (secondary N) is 1. The van der Waals surface area contributed by atoms with Crippen molar-refractivity contribution in [3.8, 4) is 0 Å². The van der Waals surface area contributed by atoms with Gasteiger partial charge in [-0.3, -0.25) is 0 Å². The Balaban J connectivity index is 2.24. The SMILES string of the molecule is CNCCC1CCN(S(=O)(=O)c2c(C)c(C)cc(C)c2C)CC1. The highest BCUT2D eigenvalue weighted by atomic mass is 32.2. The van der Waals surface area contributed by atoms with Gasteiger partial charge in [-0.15, -0.1) is 0 Å². The predicted octanol–water partition coefficient (Wildman–Crippen LogP) is 2.93. The molecule has 1 aromatic rings. The fourth-order valence-electron chi connectivity index (χ4n) is 3.48. The Labute approximate surface area is 141 Å². The Kier molecular flexibility index (Phi) is 5.87. The summed E-state index contributed by atoms with van der Waals surface area (Å²) in [4.78, 5) is 0.531. The molecule has 0 unspecified atom stereocenters. The van der Waals surface area contributed by atoms with Gasteiger partial charge in [0, 0.05) is 13.1 Å². The number of piperidine rings is 1. The van der Waals surface area contributed by atoms with E-state index < -0.39 is 10.0 Å². The van der Waals surface area contributed by atoms with E-state index >= 15 is 0 Å². The highest BCUT2D eigenvalue weighted by molar-refractivity contribution is 7.89. The van der Waals surface area contributed by atoms with Gasteiger partial charge in [-0.2, -0.15) is 4.31 Å². The molecule has 5 heteroatoms. The van der Waals surface area contributed by atoms with Crippen molar-refractivity contribution in [1.82, 2.24) is 9.62 Å². The van der Waals surface area contributed by atoms with E-state index in [4.69, 9.17) is 0 Å². The first-order valence-electron chi connectivity index (χ1n) is 8.51. The summed E-state index contributed by atoms with van der Waals surface area (Å²) in [5, 5.41) is 3.18. The molecule has 1 N–H and O–H groups in total. The molecule has 0 radical (unpaired) electrons. The summed E-state index contributed by atoms with van der Waals surface area (Å²) >= 11 is 0. The maximum atomic E-state index is 13.2. The van der Waals surface area contributed by atoms with Crippen LogP contribution in [0.2, 0.25) is 0 Å². The molecule has 0 aliphatic carbocycles. The quantitative estimate of drug-likeness (QED) is 0.898. The molecule has 4 nitrogen and oxygen atoms in total. The highest BCUT2D eigenvalue weighted by Crippen LogP contribution is 2.31. The summed E-state index contributed by atoms with van der Waals surface area (Å²) in [7, 11) is -1.43. The lowest BCUT2D eigenvalue weighted by Crippen LogP contribution is -2.39. The van der Waals surface area contributed by atoms with E-state index in [9.17, 15) is 8.42 Å². The molecule has 1 fully saturated rings. The summed E-state index contributed by atoms with van der Waals surface area (Å²) < 4.78 is 28.0. The minimum atomic E-state index is -3.39. The van der Waals surface area contributed by atoms with Crippen molar-refractivity contribution in [2.45, 2.75) is 51.9 Å². The zero-order chi connectivity index (χ0) is 17.2. The molecule has 1 aliphatic heterocycles. The summed E-state index contributed by atoms with van der Waals surface area (Å²) in [6, 6.07) is 2.08. The van der Waals surface area contributed by atoms with E-state index in [0.717, 1.165) is 48.1 Å². The molecular weight excluding hydrogens is 308 g/mol. The van der Waals surface area contributed by atoms with E-state index in [1.165, 1.54) is 0 Å². The number of hydrogen-bond acceptors (Lipinski definition) is 3. The number of sulfonamides is 1. The van der Waals surface area contributed by atoms with Crippen LogP contribution in [0.3, 0.4) is 0 Å². The molecule has 0 bridgehead atoms. The van der Waals surface area contributed by atoms with Crippen molar-refractivity contribution in [2.75, 3.05) is 26.7 Å². The van der Waals surface area contributed by atoms with E-state index in [2.05, 4.69) is 11.4 Å². The molecular formula is C18H30N2O2S. The second-order valence-corrected chi connectivity index (χ2v) is 8.70. The Morgan fingerprint density at radius 2 is 1.61 bits per heavy atom. The van der Waals surface area contributed by atoms with Crippen molar-refractivity contribution in [3.05, 3.63) is 28.3 Å². The maximum Gasteiger partial charge on any atom is 0.243 e.